The summed E-state index contributed by atoms with van der Waals surface area (Å²) in [6, 6.07) is 7.53. The van der Waals surface area contributed by atoms with Crippen LogP contribution in [0.3, 0.4) is 0 Å². The Labute approximate surface area is 122 Å². The highest BCUT2D eigenvalue weighted by Crippen LogP contribution is 2.16. The summed E-state index contributed by atoms with van der Waals surface area (Å²) >= 11 is 0. The van der Waals surface area contributed by atoms with Crippen molar-refractivity contribution >= 4 is 17.2 Å². The number of allylic oxidation sites excluding steroid dienone is 1. The fraction of sp³-hybridized carbons (Fsp3) is 0.125. The Morgan fingerprint density at radius 1 is 1.33 bits per heavy atom. The van der Waals surface area contributed by atoms with Crippen molar-refractivity contribution in [2.75, 3.05) is 5.32 Å². The van der Waals surface area contributed by atoms with Gasteiger partial charge in [-0.15, -0.1) is 0 Å². The molecule has 0 atom stereocenters. The second kappa shape index (κ2) is 6.76. The summed E-state index contributed by atoms with van der Waals surface area (Å²) in [5, 5.41) is 11.8. The second-order valence-corrected chi connectivity index (χ2v) is 4.51. The van der Waals surface area contributed by atoms with E-state index in [1.165, 1.54) is 24.4 Å². The van der Waals surface area contributed by atoms with Crippen LogP contribution >= 0.6 is 0 Å². The SMILES string of the molecule is C/C(=C/C(=O)Nc1cnccc1CO)c1ccc(F)cc1. The fourth-order valence-corrected chi connectivity index (χ4v) is 1.84. The Morgan fingerprint density at radius 2 is 2.05 bits per heavy atom. The molecule has 1 aromatic heterocycles. The number of aliphatic hydroxyl groups is 1. The number of hydrogen-bond acceptors (Lipinski definition) is 3. The zero-order valence-electron chi connectivity index (χ0n) is 11.5. The first-order valence-corrected chi connectivity index (χ1v) is 6.39. The van der Waals surface area contributed by atoms with Crippen LogP contribution in [0.4, 0.5) is 10.1 Å². The number of nitrogens with zero attached hydrogens (tertiary/aromatic N) is 1. The molecular formula is C16H15FN2O2. The predicted molar refractivity (Wildman–Crippen MR) is 78.8 cm³/mol. The highest BCUT2D eigenvalue weighted by Gasteiger charge is 2.05. The Bertz CT molecular complexity index is 666. The average Bonchev–Trinajstić information content (AvgIpc) is 2.48. The van der Waals surface area contributed by atoms with Gasteiger partial charge in [-0.3, -0.25) is 9.78 Å². The third-order valence-corrected chi connectivity index (χ3v) is 2.99. The van der Waals surface area contributed by atoms with Gasteiger partial charge < -0.3 is 10.4 Å². The van der Waals surface area contributed by atoms with Crippen molar-refractivity contribution in [2.45, 2.75) is 13.5 Å². The number of rotatable bonds is 4. The monoisotopic (exact) mass is 286 g/mol. The fourth-order valence-electron chi connectivity index (χ4n) is 1.84. The van der Waals surface area contributed by atoms with E-state index in [0.717, 1.165) is 5.56 Å². The first-order valence-electron chi connectivity index (χ1n) is 6.39. The molecule has 0 saturated carbocycles. The molecule has 0 aliphatic heterocycles. The lowest BCUT2D eigenvalue weighted by atomic mass is 10.1. The molecule has 0 unspecified atom stereocenters. The van der Waals surface area contributed by atoms with Crippen LogP contribution in [0.15, 0.2) is 48.8 Å². The summed E-state index contributed by atoms with van der Waals surface area (Å²) in [6.07, 6.45) is 4.44. The molecule has 1 heterocycles. The molecule has 0 aliphatic carbocycles. The molecule has 0 bridgehead atoms. The quantitative estimate of drug-likeness (QED) is 0.850. The number of benzene rings is 1. The van der Waals surface area contributed by atoms with Crippen molar-refractivity contribution in [3.63, 3.8) is 0 Å². The Hall–Kier alpha value is -2.53. The number of pyridine rings is 1. The minimum atomic E-state index is -0.334. The van der Waals surface area contributed by atoms with E-state index in [2.05, 4.69) is 10.3 Å². The van der Waals surface area contributed by atoms with E-state index < -0.39 is 0 Å². The Morgan fingerprint density at radius 3 is 2.71 bits per heavy atom. The first-order chi connectivity index (χ1) is 10.1. The number of amides is 1. The van der Waals surface area contributed by atoms with E-state index in [9.17, 15) is 14.3 Å². The van der Waals surface area contributed by atoms with Crippen LogP contribution in [0.5, 0.6) is 0 Å². The van der Waals surface area contributed by atoms with Gasteiger partial charge >= 0.3 is 0 Å². The molecular weight excluding hydrogens is 271 g/mol. The highest BCUT2D eigenvalue weighted by molar-refractivity contribution is 6.04. The van der Waals surface area contributed by atoms with Crippen LogP contribution in [0.25, 0.3) is 5.57 Å². The van der Waals surface area contributed by atoms with Gasteiger partial charge in [0.1, 0.15) is 5.82 Å². The maximum Gasteiger partial charge on any atom is 0.248 e. The number of anilines is 1. The van der Waals surface area contributed by atoms with Crippen molar-refractivity contribution in [3.05, 3.63) is 65.7 Å². The van der Waals surface area contributed by atoms with Gasteiger partial charge in [0.25, 0.3) is 0 Å². The molecule has 0 radical (unpaired) electrons. The zero-order valence-corrected chi connectivity index (χ0v) is 11.5. The van der Waals surface area contributed by atoms with Gasteiger partial charge in [0.2, 0.25) is 5.91 Å². The normalized spacial score (nSPS) is 11.3. The third kappa shape index (κ3) is 3.97. The van der Waals surface area contributed by atoms with Crippen molar-refractivity contribution in [1.82, 2.24) is 4.98 Å². The second-order valence-electron chi connectivity index (χ2n) is 4.51. The minimum absolute atomic E-state index is 0.182. The van der Waals surface area contributed by atoms with E-state index in [-0.39, 0.29) is 18.3 Å². The van der Waals surface area contributed by atoms with Crippen LogP contribution in [0, 0.1) is 5.82 Å². The van der Waals surface area contributed by atoms with Crippen LogP contribution in [0.2, 0.25) is 0 Å². The van der Waals surface area contributed by atoms with E-state index in [1.54, 1.807) is 31.3 Å². The summed E-state index contributed by atoms with van der Waals surface area (Å²) in [5.74, 6) is -0.654. The number of halogens is 1. The number of aromatic nitrogens is 1. The molecule has 2 N–H and O–H groups in total. The van der Waals surface area contributed by atoms with E-state index in [4.69, 9.17) is 0 Å². The number of carbonyl (C=O) groups excluding carboxylic acids is 1. The Balaban J connectivity index is 2.13. The molecule has 0 spiro atoms. The van der Waals surface area contributed by atoms with Crippen LogP contribution in [0.1, 0.15) is 18.1 Å². The maximum atomic E-state index is 12.9. The molecule has 1 amide bonds. The van der Waals surface area contributed by atoms with Gasteiger partial charge in [-0.1, -0.05) is 12.1 Å². The lowest BCUT2D eigenvalue weighted by molar-refractivity contribution is -0.111. The molecule has 2 aromatic rings. The molecule has 0 saturated heterocycles. The largest absolute Gasteiger partial charge is 0.392 e. The van der Waals surface area contributed by atoms with Gasteiger partial charge in [0, 0.05) is 17.8 Å². The van der Waals surface area contributed by atoms with E-state index >= 15 is 0 Å². The molecule has 108 valence electrons. The average molecular weight is 286 g/mol. The van der Waals surface area contributed by atoms with Gasteiger partial charge in [0.05, 0.1) is 18.5 Å². The molecule has 4 nitrogen and oxygen atoms in total. The lowest BCUT2D eigenvalue weighted by Crippen LogP contribution is -2.10. The maximum absolute atomic E-state index is 12.9. The van der Waals surface area contributed by atoms with Crippen molar-refractivity contribution < 1.29 is 14.3 Å². The zero-order chi connectivity index (χ0) is 15.2. The first kappa shape index (κ1) is 14.9. The van der Waals surface area contributed by atoms with Crippen molar-refractivity contribution in [3.8, 4) is 0 Å². The number of nitrogens with one attached hydrogen (secondary N) is 1. The van der Waals surface area contributed by atoms with Crippen LogP contribution < -0.4 is 5.32 Å². The minimum Gasteiger partial charge on any atom is -0.392 e. The molecule has 5 heteroatoms. The number of carbonyl (C=O) groups is 1. The smallest absolute Gasteiger partial charge is 0.248 e. The topological polar surface area (TPSA) is 62.2 Å². The molecule has 0 aliphatic rings. The summed E-state index contributed by atoms with van der Waals surface area (Å²) in [4.78, 5) is 15.9. The molecule has 21 heavy (non-hydrogen) atoms. The summed E-state index contributed by atoms with van der Waals surface area (Å²) in [5.41, 5.74) is 2.53. The third-order valence-electron chi connectivity index (χ3n) is 2.99. The van der Waals surface area contributed by atoms with E-state index in [0.29, 0.717) is 16.8 Å². The number of aliphatic hydroxyl groups excluding tert-OH is 1. The van der Waals surface area contributed by atoms with E-state index in [1.807, 2.05) is 0 Å². The molecule has 1 aromatic carbocycles. The van der Waals surface area contributed by atoms with Crippen molar-refractivity contribution in [1.29, 1.82) is 0 Å². The van der Waals surface area contributed by atoms with Gasteiger partial charge in [-0.25, -0.2) is 4.39 Å². The highest BCUT2D eigenvalue weighted by atomic mass is 19.1. The number of hydrogen-bond donors (Lipinski definition) is 2. The summed E-state index contributed by atoms with van der Waals surface area (Å²) in [7, 11) is 0. The molecule has 0 fully saturated rings. The van der Waals surface area contributed by atoms with Crippen molar-refractivity contribution in [2.24, 2.45) is 0 Å². The standard InChI is InChI=1S/C16H15FN2O2/c1-11(12-2-4-14(17)5-3-12)8-16(21)19-15-9-18-7-6-13(15)10-20/h2-9,20H,10H2,1H3,(H,19,21)/b11-8-. The molecule has 2 rings (SSSR count). The van der Waals surface area contributed by atoms with Gasteiger partial charge in [-0.2, -0.15) is 0 Å². The Kier molecular flexibility index (Phi) is 4.79. The lowest BCUT2D eigenvalue weighted by Gasteiger charge is -2.07. The summed E-state index contributed by atoms with van der Waals surface area (Å²) < 4.78 is 12.9. The van der Waals surface area contributed by atoms with Gasteiger partial charge in [0.15, 0.2) is 0 Å². The predicted octanol–water partition coefficient (Wildman–Crippen LogP) is 2.76. The van der Waals surface area contributed by atoms with Crippen LogP contribution in [-0.2, 0) is 11.4 Å². The van der Waals surface area contributed by atoms with Crippen LogP contribution in [-0.4, -0.2) is 16.0 Å². The van der Waals surface area contributed by atoms with Gasteiger partial charge in [-0.05, 0) is 36.3 Å². The summed E-state index contributed by atoms with van der Waals surface area (Å²) in [6.45, 7) is 1.59.